The molecule has 1 aliphatic heterocycles. The van der Waals surface area contributed by atoms with Gasteiger partial charge >= 0.3 is 0 Å². The summed E-state index contributed by atoms with van der Waals surface area (Å²) in [5, 5.41) is 0. The summed E-state index contributed by atoms with van der Waals surface area (Å²) in [5.74, 6) is 0.410. The largest absolute Gasteiger partial charge is 0.377 e. The molecule has 1 fully saturated rings. The smallest absolute Gasteiger partial charge is 0.0699 e. The van der Waals surface area contributed by atoms with E-state index in [9.17, 15) is 4.21 Å². The molecular formula is C6H13NO2S. The van der Waals surface area contributed by atoms with Crippen LogP contribution in [-0.4, -0.2) is 28.9 Å². The zero-order chi connectivity index (χ0) is 7.61. The van der Waals surface area contributed by atoms with Crippen molar-refractivity contribution < 1.29 is 8.95 Å². The number of hydrogen-bond acceptors (Lipinski definition) is 3. The van der Waals surface area contributed by atoms with Crippen LogP contribution in [0.1, 0.15) is 12.8 Å². The minimum atomic E-state index is -2.33. The maximum atomic E-state index is 10.9. The normalized spacial score (nSPS) is 31.9. The number of ether oxygens (including phenoxy) is 1. The van der Waals surface area contributed by atoms with E-state index >= 15 is 0 Å². The molecule has 0 radical (unpaired) electrons. The van der Waals surface area contributed by atoms with Crippen LogP contribution < -0.4 is 0 Å². The van der Waals surface area contributed by atoms with E-state index in [2.05, 4.69) is 0 Å². The maximum absolute atomic E-state index is 10.9. The Morgan fingerprint density at radius 3 is 2.90 bits per heavy atom. The molecule has 4 heteroatoms. The van der Waals surface area contributed by atoms with Gasteiger partial charge in [-0.15, -0.1) is 0 Å². The van der Waals surface area contributed by atoms with Crippen molar-refractivity contribution in [3.05, 3.63) is 0 Å². The van der Waals surface area contributed by atoms with Crippen LogP contribution in [0.5, 0.6) is 0 Å². The molecule has 0 aliphatic carbocycles. The van der Waals surface area contributed by atoms with Crippen LogP contribution in [0.2, 0.25) is 0 Å². The molecule has 0 bridgehead atoms. The topological polar surface area (TPSA) is 50.2 Å². The molecule has 0 aromatic heterocycles. The summed E-state index contributed by atoms with van der Waals surface area (Å²) in [5.41, 5.74) is 0. The molecular weight excluding hydrogens is 150 g/mol. The Morgan fingerprint density at radius 2 is 2.50 bits per heavy atom. The summed E-state index contributed by atoms with van der Waals surface area (Å²) >= 11 is 0. The Bertz CT molecular complexity index is 192. The number of hydrogen-bond donors (Lipinski definition) is 1. The predicted octanol–water partition coefficient (Wildman–Crippen LogP) is 0.842. The van der Waals surface area contributed by atoms with E-state index in [0.29, 0.717) is 5.75 Å². The van der Waals surface area contributed by atoms with E-state index in [1.807, 2.05) is 0 Å². The van der Waals surface area contributed by atoms with E-state index in [-0.39, 0.29) is 6.10 Å². The molecule has 0 spiro atoms. The van der Waals surface area contributed by atoms with Crippen molar-refractivity contribution in [1.82, 2.24) is 0 Å². The molecule has 1 rings (SSSR count). The molecule has 0 aromatic rings. The van der Waals surface area contributed by atoms with E-state index < -0.39 is 9.73 Å². The quantitative estimate of drug-likeness (QED) is 0.656. The molecule has 3 nitrogen and oxygen atoms in total. The van der Waals surface area contributed by atoms with Gasteiger partial charge in [-0.2, -0.15) is 0 Å². The maximum Gasteiger partial charge on any atom is 0.0699 e. The van der Waals surface area contributed by atoms with E-state index in [4.69, 9.17) is 9.52 Å². The van der Waals surface area contributed by atoms with Crippen LogP contribution in [0.4, 0.5) is 0 Å². The highest BCUT2D eigenvalue weighted by Crippen LogP contribution is 2.13. The number of nitrogens with one attached hydrogen (secondary N) is 1. The third kappa shape index (κ3) is 2.66. The second-order valence-corrected chi connectivity index (χ2v) is 5.15. The predicted molar refractivity (Wildman–Crippen MR) is 40.6 cm³/mol. The molecule has 1 N–H and O–H groups in total. The fraction of sp³-hybridized carbons (Fsp3) is 1.00. The van der Waals surface area contributed by atoms with Crippen LogP contribution >= 0.6 is 0 Å². The number of rotatable bonds is 2. The summed E-state index contributed by atoms with van der Waals surface area (Å²) in [4.78, 5) is 0. The molecule has 2 unspecified atom stereocenters. The van der Waals surface area contributed by atoms with Crippen LogP contribution in [0.15, 0.2) is 0 Å². The SMILES string of the molecule is CS(=N)(=O)CC1CCCO1. The van der Waals surface area contributed by atoms with Gasteiger partial charge in [0.25, 0.3) is 0 Å². The second-order valence-electron chi connectivity index (χ2n) is 2.81. The Hall–Kier alpha value is -0.0900. The van der Waals surface area contributed by atoms with Gasteiger partial charge in [-0.1, -0.05) is 0 Å². The van der Waals surface area contributed by atoms with Gasteiger partial charge in [0.2, 0.25) is 0 Å². The Labute approximate surface area is 61.7 Å². The Morgan fingerprint density at radius 1 is 1.80 bits per heavy atom. The standard InChI is InChI=1S/C6H13NO2S/c1-10(7,8)5-6-3-2-4-9-6/h6-7H,2-5H2,1H3. The molecule has 0 aromatic carbocycles. The van der Waals surface area contributed by atoms with E-state index in [0.717, 1.165) is 19.4 Å². The zero-order valence-corrected chi connectivity index (χ0v) is 6.95. The molecule has 1 heterocycles. The molecule has 1 aliphatic rings. The van der Waals surface area contributed by atoms with Gasteiger partial charge in [0, 0.05) is 22.6 Å². The van der Waals surface area contributed by atoms with Crippen LogP contribution in [0.25, 0.3) is 0 Å². The lowest BCUT2D eigenvalue weighted by Gasteiger charge is -2.07. The van der Waals surface area contributed by atoms with E-state index in [1.54, 1.807) is 0 Å². The van der Waals surface area contributed by atoms with Gasteiger partial charge in [0.15, 0.2) is 0 Å². The van der Waals surface area contributed by atoms with Gasteiger partial charge < -0.3 is 4.74 Å². The van der Waals surface area contributed by atoms with Crippen molar-refractivity contribution >= 4 is 9.73 Å². The first-order valence-electron chi connectivity index (χ1n) is 3.41. The molecule has 10 heavy (non-hydrogen) atoms. The fourth-order valence-corrected chi connectivity index (χ4v) is 2.10. The van der Waals surface area contributed by atoms with Gasteiger partial charge in [-0.05, 0) is 12.8 Å². The average Bonchev–Trinajstić information content (AvgIpc) is 2.12. The van der Waals surface area contributed by atoms with Crippen molar-refractivity contribution in [3.63, 3.8) is 0 Å². The highest BCUT2D eigenvalue weighted by molar-refractivity contribution is 7.91. The third-order valence-corrected chi connectivity index (χ3v) is 2.54. The fourth-order valence-electron chi connectivity index (χ4n) is 1.13. The zero-order valence-electron chi connectivity index (χ0n) is 6.13. The lowest BCUT2D eigenvalue weighted by atomic mass is 10.3. The summed E-state index contributed by atoms with van der Waals surface area (Å²) in [6, 6.07) is 0. The molecule has 0 saturated carbocycles. The van der Waals surface area contributed by atoms with Crippen molar-refractivity contribution in [2.75, 3.05) is 18.6 Å². The Kier molecular flexibility index (Phi) is 2.31. The molecule has 0 amide bonds. The molecule has 2 atom stereocenters. The molecule has 60 valence electrons. The minimum absolute atomic E-state index is 0.0926. The minimum Gasteiger partial charge on any atom is -0.377 e. The van der Waals surface area contributed by atoms with Gasteiger partial charge in [-0.25, -0.2) is 0 Å². The average molecular weight is 163 g/mol. The summed E-state index contributed by atoms with van der Waals surface area (Å²) in [7, 11) is -2.33. The third-order valence-electron chi connectivity index (χ3n) is 1.53. The first kappa shape index (κ1) is 8.01. The lowest BCUT2D eigenvalue weighted by Crippen LogP contribution is -2.17. The first-order valence-corrected chi connectivity index (χ1v) is 5.54. The van der Waals surface area contributed by atoms with Crippen molar-refractivity contribution in [1.29, 1.82) is 4.78 Å². The van der Waals surface area contributed by atoms with Crippen molar-refractivity contribution in [3.8, 4) is 0 Å². The monoisotopic (exact) mass is 163 g/mol. The summed E-state index contributed by atoms with van der Waals surface area (Å²) < 4.78 is 23.3. The summed E-state index contributed by atoms with van der Waals surface area (Å²) in [6.45, 7) is 0.778. The summed E-state index contributed by atoms with van der Waals surface area (Å²) in [6.07, 6.45) is 3.59. The van der Waals surface area contributed by atoms with Crippen molar-refractivity contribution in [2.24, 2.45) is 0 Å². The highest BCUT2D eigenvalue weighted by atomic mass is 32.2. The second kappa shape index (κ2) is 2.88. The lowest BCUT2D eigenvalue weighted by molar-refractivity contribution is 0.128. The van der Waals surface area contributed by atoms with Crippen LogP contribution in [-0.2, 0) is 14.5 Å². The van der Waals surface area contributed by atoms with Gasteiger partial charge in [-0.3, -0.25) is 8.99 Å². The first-order chi connectivity index (χ1) is 4.58. The Balaban J connectivity index is 2.38. The van der Waals surface area contributed by atoms with Crippen LogP contribution in [0, 0.1) is 4.78 Å². The van der Waals surface area contributed by atoms with Crippen molar-refractivity contribution in [2.45, 2.75) is 18.9 Å². The van der Waals surface area contributed by atoms with Gasteiger partial charge in [0.05, 0.1) is 11.9 Å². The highest BCUT2D eigenvalue weighted by Gasteiger charge is 2.18. The molecule has 1 saturated heterocycles. The van der Waals surface area contributed by atoms with Gasteiger partial charge in [0.1, 0.15) is 0 Å². The van der Waals surface area contributed by atoms with Crippen LogP contribution in [0.3, 0.4) is 0 Å². The van der Waals surface area contributed by atoms with E-state index in [1.165, 1.54) is 6.26 Å².